The van der Waals surface area contributed by atoms with Crippen molar-refractivity contribution in [3.63, 3.8) is 0 Å². The zero-order valence-electron chi connectivity index (χ0n) is 26.5. The van der Waals surface area contributed by atoms with Crippen molar-refractivity contribution in [1.82, 2.24) is 0 Å². The first-order chi connectivity index (χ1) is 24.7. The van der Waals surface area contributed by atoms with E-state index in [1.807, 2.05) is 54.7 Å². The maximum Gasteiger partial charge on any atom is 0.335 e. The van der Waals surface area contributed by atoms with Crippen molar-refractivity contribution in [2.75, 3.05) is 0 Å². The van der Waals surface area contributed by atoms with Crippen molar-refractivity contribution < 1.29 is 29.7 Å². The highest BCUT2D eigenvalue weighted by Crippen LogP contribution is 2.44. The van der Waals surface area contributed by atoms with E-state index >= 15 is 0 Å². The summed E-state index contributed by atoms with van der Waals surface area (Å²) < 4.78 is 0. The van der Waals surface area contributed by atoms with Crippen molar-refractivity contribution in [2.24, 2.45) is 20.0 Å². The first-order valence-electron chi connectivity index (χ1n) is 15.8. The van der Waals surface area contributed by atoms with Crippen molar-refractivity contribution in [3.8, 4) is 0 Å². The van der Waals surface area contributed by atoms with Gasteiger partial charge in [0, 0.05) is 16.7 Å². The van der Waals surface area contributed by atoms with Gasteiger partial charge in [0.2, 0.25) is 0 Å². The molecule has 8 rings (SSSR count). The molecule has 0 saturated heterocycles. The molecular weight excluding hydrogens is 644 g/mol. The van der Waals surface area contributed by atoms with Crippen LogP contribution in [0.4, 0.5) is 0 Å². The summed E-state index contributed by atoms with van der Waals surface area (Å²) in [6, 6.07) is 19.4. The van der Waals surface area contributed by atoms with Crippen molar-refractivity contribution in [2.45, 2.75) is 0 Å². The van der Waals surface area contributed by atoms with Gasteiger partial charge in [-0.05, 0) is 108 Å². The van der Waals surface area contributed by atoms with Gasteiger partial charge in [0.25, 0.3) is 0 Å². The number of carbonyl (C=O) groups is 3. The Hall–Kier alpha value is -7.33. The maximum atomic E-state index is 11.8. The molecule has 0 fully saturated rings. The minimum Gasteiger partial charge on any atom is -0.478 e. The summed E-state index contributed by atoms with van der Waals surface area (Å²) in [5, 5.41) is 29.0. The van der Waals surface area contributed by atoms with Crippen LogP contribution in [-0.4, -0.2) is 56.1 Å². The number of aromatic carboxylic acids is 3. The third kappa shape index (κ3) is 5.87. The molecule has 3 aromatic rings. The first kappa shape index (κ1) is 31.0. The number of aliphatic imine (C=N–C) groups is 4. The zero-order chi connectivity index (χ0) is 35.2. The monoisotopic (exact) mass is 668 g/mol. The Balaban J connectivity index is 1.47. The average Bonchev–Trinajstić information content (AvgIpc) is 3.94. The summed E-state index contributed by atoms with van der Waals surface area (Å²) >= 11 is 0. The van der Waals surface area contributed by atoms with Gasteiger partial charge in [-0.15, -0.1) is 0 Å². The maximum absolute atomic E-state index is 11.8. The van der Waals surface area contributed by atoms with E-state index in [0.717, 1.165) is 5.70 Å². The Morgan fingerprint density at radius 2 is 0.804 bits per heavy atom. The average molecular weight is 669 g/mol. The van der Waals surface area contributed by atoms with Gasteiger partial charge in [-0.3, -0.25) is 0 Å². The summed E-state index contributed by atoms with van der Waals surface area (Å²) in [5.74, 6) is -3.21. The molecule has 0 radical (unpaired) electrons. The molecule has 0 atom stereocenters. The van der Waals surface area contributed by atoms with Gasteiger partial charge >= 0.3 is 17.9 Å². The Bertz CT molecular complexity index is 2490. The van der Waals surface area contributed by atoms with E-state index in [4.69, 9.17) is 20.0 Å². The van der Waals surface area contributed by atoms with Crippen LogP contribution in [0.25, 0.3) is 16.7 Å². The fourth-order valence-corrected chi connectivity index (χ4v) is 6.23. The molecule has 5 aliphatic heterocycles. The van der Waals surface area contributed by atoms with Gasteiger partial charge < -0.3 is 15.3 Å². The van der Waals surface area contributed by atoms with Crippen molar-refractivity contribution >= 4 is 57.5 Å². The molecule has 8 bridgehead atoms. The van der Waals surface area contributed by atoms with Crippen LogP contribution in [0.1, 0.15) is 47.8 Å². The number of carboxylic acids is 3. The minimum absolute atomic E-state index is 0.102. The molecule has 0 aliphatic carbocycles. The molecule has 10 nitrogen and oxygen atoms in total. The van der Waals surface area contributed by atoms with Crippen LogP contribution in [0.2, 0.25) is 0 Å². The lowest BCUT2D eigenvalue weighted by molar-refractivity contribution is 0.0686. The molecule has 51 heavy (non-hydrogen) atoms. The molecule has 0 unspecified atom stereocenters. The van der Waals surface area contributed by atoms with Gasteiger partial charge in [0.05, 0.1) is 62.3 Å². The first-order valence-corrected chi connectivity index (χ1v) is 15.8. The lowest BCUT2D eigenvalue weighted by atomic mass is 9.87. The van der Waals surface area contributed by atoms with Gasteiger partial charge in [0.1, 0.15) is 0 Å². The van der Waals surface area contributed by atoms with Gasteiger partial charge in [-0.1, -0.05) is 36.4 Å². The summed E-state index contributed by atoms with van der Waals surface area (Å²) in [6.45, 7) is 0. The minimum atomic E-state index is -1.07. The fourth-order valence-electron chi connectivity index (χ4n) is 6.23. The van der Waals surface area contributed by atoms with Crippen LogP contribution >= 0.6 is 0 Å². The molecule has 10 heteroatoms. The zero-order valence-corrected chi connectivity index (χ0v) is 26.5. The molecule has 0 amide bonds. The van der Waals surface area contributed by atoms with Gasteiger partial charge in [0.15, 0.2) is 0 Å². The Morgan fingerprint density at radius 1 is 0.392 bits per heavy atom. The highest BCUT2D eigenvalue weighted by Gasteiger charge is 2.31. The summed E-state index contributed by atoms with van der Waals surface area (Å²) in [6.07, 6.45) is 16.9. The van der Waals surface area contributed by atoms with Crippen LogP contribution in [0.5, 0.6) is 0 Å². The number of hydrogen-bond acceptors (Lipinski definition) is 7. The Morgan fingerprint density at radius 3 is 1.29 bits per heavy atom. The summed E-state index contributed by atoms with van der Waals surface area (Å²) in [7, 11) is 0. The van der Waals surface area contributed by atoms with Crippen LogP contribution in [0.3, 0.4) is 0 Å². The molecule has 0 saturated carbocycles. The molecule has 0 spiro atoms. The van der Waals surface area contributed by atoms with Gasteiger partial charge in [-0.2, -0.15) is 0 Å². The van der Waals surface area contributed by atoms with Crippen LogP contribution < -0.4 is 0 Å². The van der Waals surface area contributed by atoms with Crippen molar-refractivity contribution in [3.05, 3.63) is 184 Å². The summed E-state index contributed by atoms with van der Waals surface area (Å²) in [4.78, 5) is 55.2. The Labute approximate surface area is 290 Å². The predicted molar refractivity (Wildman–Crippen MR) is 195 cm³/mol. The third-order valence-corrected chi connectivity index (χ3v) is 8.63. The lowest BCUT2D eigenvalue weighted by Crippen LogP contribution is -2.04. The van der Waals surface area contributed by atoms with E-state index in [2.05, 4.69) is 0 Å². The number of allylic oxidation sites excluding steroid dienone is 12. The fraction of sp³-hybridized carbons (Fsp3) is 0. The van der Waals surface area contributed by atoms with Gasteiger partial charge in [-0.25, -0.2) is 34.4 Å². The summed E-state index contributed by atoms with van der Waals surface area (Å²) in [5.41, 5.74) is 9.14. The van der Waals surface area contributed by atoms with Crippen LogP contribution in [0, 0.1) is 0 Å². The van der Waals surface area contributed by atoms with Crippen LogP contribution in [-0.2, 0) is 0 Å². The van der Waals surface area contributed by atoms with E-state index in [9.17, 15) is 29.7 Å². The van der Waals surface area contributed by atoms with Crippen LogP contribution in [0.15, 0.2) is 170 Å². The molecule has 5 heterocycles. The SMILES string of the molecule is O=C(O)c1ccc(C2=C3N=C(C=C4C=CC(=N4)C=C4C=CC(=N4)C=C4C=CC2=N4)C(c2ccc(C(=O)O)cc2)=C3c2ccc(C(=O)O)cc2)cc1. The quantitative estimate of drug-likeness (QED) is 0.251. The molecule has 244 valence electrons. The standard InChI is InChI=1S/C41H24N4O6/c46-39(47)25-7-1-22(2-8-25)35-34-21-32-16-15-29(43-32)19-28-13-14-30(42-28)20-31-17-18-33(44-31)36(23-3-9-26(10-4-23)40(48)49)38(45-34)37(35)24-5-11-27(12-6-24)41(50)51/h1-21H,(H,46,47)(H,48,49)(H,50,51). The second-order valence-electron chi connectivity index (χ2n) is 11.9. The van der Waals surface area contributed by atoms with E-state index in [0.29, 0.717) is 73.3 Å². The Kier molecular flexibility index (Phi) is 7.46. The molecule has 3 N–H and O–H groups in total. The number of nitrogens with zero attached hydrogens (tertiary/aromatic N) is 4. The normalized spacial score (nSPS) is 17.1. The number of rotatable bonds is 6. The largest absolute Gasteiger partial charge is 0.478 e. The number of benzene rings is 3. The smallest absolute Gasteiger partial charge is 0.335 e. The van der Waals surface area contributed by atoms with E-state index < -0.39 is 17.9 Å². The number of fused-ring (bicyclic) bond motifs is 4. The molecular formula is C41H24N4O6. The van der Waals surface area contributed by atoms with E-state index in [1.54, 1.807) is 36.4 Å². The topological polar surface area (TPSA) is 161 Å². The second kappa shape index (κ2) is 12.3. The molecule has 0 aromatic heterocycles. The third-order valence-electron chi connectivity index (χ3n) is 8.63. The highest BCUT2D eigenvalue weighted by atomic mass is 16.4. The predicted octanol–water partition coefficient (Wildman–Crippen LogP) is 7.26. The van der Waals surface area contributed by atoms with E-state index in [1.165, 1.54) is 36.4 Å². The number of carboxylic acid groups (broad SMARTS) is 3. The van der Waals surface area contributed by atoms with Crippen molar-refractivity contribution in [1.29, 1.82) is 0 Å². The highest BCUT2D eigenvalue weighted by molar-refractivity contribution is 6.43. The second-order valence-corrected chi connectivity index (χ2v) is 11.9. The lowest BCUT2D eigenvalue weighted by Gasteiger charge is -2.15. The molecule has 5 aliphatic rings. The number of hydrogen-bond donors (Lipinski definition) is 3. The van der Waals surface area contributed by atoms with E-state index in [-0.39, 0.29) is 16.7 Å². The molecule has 3 aromatic carbocycles.